The lowest BCUT2D eigenvalue weighted by Gasteiger charge is -2.20. The number of hydrogen-bond donors (Lipinski definition) is 2. The molecule has 0 aliphatic heterocycles. The first kappa shape index (κ1) is 17.3. The zero-order chi connectivity index (χ0) is 17.0. The van der Waals surface area contributed by atoms with E-state index in [1.54, 1.807) is 11.3 Å². The molecule has 0 spiro atoms. The van der Waals surface area contributed by atoms with Gasteiger partial charge in [-0.25, -0.2) is 9.78 Å². The maximum Gasteiger partial charge on any atom is 0.412 e. The van der Waals surface area contributed by atoms with Gasteiger partial charge in [-0.2, -0.15) is 0 Å². The molecule has 0 radical (unpaired) electrons. The first-order valence-electron chi connectivity index (χ1n) is 7.51. The molecule has 0 bridgehead atoms. The van der Waals surface area contributed by atoms with Crippen LogP contribution in [0.3, 0.4) is 0 Å². The minimum Gasteiger partial charge on any atom is -0.444 e. The number of carbonyl (C=O) groups is 1. The van der Waals surface area contributed by atoms with Crippen LogP contribution in [0, 0.1) is 6.92 Å². The Bertz CT molecular complexity index is 659. The fourth-order valence-electron chi connectivity index (χ4n) is 2.11. The first-order valence-corrected chi connectivity index (χ1v) is 8.39. The highest BCUT2D eigenvalue weighted by Crippen LogP contribution is 2.25. The van der Waals surface area contributed by atoms with Crippen LogP contribution in [0.5, 0.6) is 0 Å². The Labute approximate surface area is 141 Å². The molecule has 0 aliphatic carbocycles. The molecule has 5 nitrogen and oxygen atoms in total. The number of ether oxygens (including phenoxy) is 1. The van der Waals surface area contributed by atoms with E-state index in [0.717, 1.165) is 11.4 Å². The van der Waals surface area contributed by atoms with E-state index in [9.17, 15) is 4.79 Å². The van der Waals surface area contributed by atoms with Gasteiger partial charge in [0.1, 0.15) is 5.60 Å². The van der Waals surface area contributed by atoms with E-state index in [1.807, 2.05) is 57.5 Å². The second-order valence-electron chi connectivity index (χ2n) is 6.37. The maximum atomic E-state index is 11.7. The normalized spacial score (nSPS) is 12.6. The summed E-state index contributed by atoms with van der Waals surface area (Å²) >= 11 is 1.65. The van der Waals surface area contributed by atoms with Crippen molar-refractivity contribution in [2.75, 3.05) is 10.6 Å². The van der Waals surface area contributed by atoms with Gasteiger partial charge in [-0.05, 0) is 58.9 Å². The predicted molar refractivity (Wildman–Crippen MR) is 95.2 cm³/mol. The van der Waals surface area contributed by atoms with Crippen LogP contribution in [0.15, 0.2) is 29.8 Å². The first-order chi connectivity index (χ1) is 10.7. The van der Waals surface area contributed by atoms with Gasteiger partial charge in [0.2, 0.25) is 0 Å². The molecular weight excluding hydrogens is 310 g/mol. The molecule has 0 aliphatic rings. The van der Waals surface area contributed by atoms with Gasteiger partial charge in [-0.1, -0.05) is 0 Å². The molecule has 6 heteroatoms. The summed E-state index contributed by atoms with van der Waals surface area (Å²) in [7, 11) is 0. The summed E-state index contributed by atoms with van der Waals surface area (Å²) in [4.78, 5) is 17.2. The number of anilines is 2. The highest BCUT2D eigenvalue weighted by Gasteiger charge is 2.16. The lowest BCUT2D eigenvalue weighted by molar-refractivity contribution is 0.0636. The average Bonchev–Trinajstić information content (AvgIpc) is 2.85. The summed E-state index contributed by atoms with van der Waals surface area (Å²) in [6, 6.07) is 7.74. The van der Waals surface area contributed by atoms with Crippen molar-refractivity contribution in [1.29, 1.82) is 0 Å². The van der Waals surface area contributed by atoms with Crippen LogP contribution in [0.4, 0.5) is 16.2 Å². The van der Waals surface area contributed by atoms with E-state index in [2.05, 4.69) is 22.5 Å². The Morgan fingerprint density at radius 3 is 2.35 bits per heavy atom. The molecule has 23 heavy (non-hydrogen) atoms. The quantitative estimate of drug-likeness (QED) is 0.829. The summed E-state index contributed by atoms with van der Waals surface area (Å²) in [5, 5.41) is 6.15. The van der Waals surface area contributed by atoms with Crippen LogP contribution in [0.25, 0.3) is 0 Å². The van der Waals surface area contributed by atoms with E-state index in [4.69, 9.17) is 4.74 Å². The standard InChI is InChI=1S/C17H23N3O2S/c1-11-15(23-10-18-11)12(2)19-13-6-8-14(9-7-13)20-16(21)22-17(3,4)5/h6-10,12,19H,1-5H3,(H,20,21). The van der Waals surface area contributed by atoms with E-state index < -0.39 is 11.7 Å². The predicted octanol–water partition coefficient (Wildman–Crippen LogP) is 4.97. The van der Waals surface area contributed by atoms with Crippen molar-refractivity contribution in [3.05, 3.63) is 40.3 Å². The number of amides is 1. The van der Waals surface area contributed by atoms with Gasteiger partial charge in [0.05, 0.1) is 17.2 Å². The molecule has 1 atom stereocenters. The van der Waals surface area contributed by atoms with E-state index in [0.29, 0.717) is 5.69 Å². The molecule has 0 saturated heterocycles. The largest absolute Gasteiger partial charge is 0.444 e. The fourth-order valence-corrected chi connectivity index (χ4v) is 2.92. The van der Waals surface area contributed by atoms with Crippen LogP contribution in [0.1, 0.15) is 44.3 Å². The molecule has 2 rings (SSSR count). The number of hydrogen-bond acceptors (Lipinski definition) is 5. The number of aryl methyl sites for hydroxylation is 1. The van der Waals surface area contributed by atoms with Crippen LogP contribution < -0.4 is 10.6 Å². The van der Waals surface area contributed by atoms with Crippen LogP contribution in [-0.2, 0) is 4.74 Å². The van der Waals surface area contributed by atoms with Crippen molar-refractivity contribution in [3.8, 4) is 0 Å². The van der Waals surface area contributed by atoms with Crippen molar-refractivity contribution >= 4 is 28.8 Å². The summed E-state index contributed by atoms with van der Waals surface area (Å²) in [6.07, 6.45) is -0.452. The molecular formula is C17H23N3O2S. The molecule has 1 unspecified atom stereocenters. The SMILES string of the molecule is Cc1ncsc1C(C)Nc1ccc(NC(=O)OC(C)(C)C)cc1. The van der Waals surface area contributed by atoms with Crippen LogP contribution in [0.2, 0.25) is 0 Å². The Morgan fingerprint density at radius 1 is 1.22 bits per heavy atom. The lowest BCUT2D eigenvalue weighted by atomic mass is 10.2. The fraction of sp³-hybridized carbons (Fsp3) is 0.412. The van der Waals surface area contributed by atoms with Crippen LogP contribution >= 0.6 is 11.3 Å². The van der Waals surface area contributed by atoms with Gasteiger partial charge in [-0.15, -0.1) is 11.3 Å². The monoisotopic (exact) mass is 333 g/mol. The second-order valence-corrected chi connectivity index (χ2v) is 7.26. The zero-order valence-electron chi connectivity index (χ0n) is 14.1. The number of aromatic nitrogens is 1. The number of nitrogens with zero attached hydrogens (tertiary/aromatic N) is 1. The molecule has 1 amide bonds. The highest BCUT2D eigenvalue weighted by atomic mass is 32.1. The smallest absolute Gasteiger partial charge is 0.412 e. The molecule has 124 valence electrons. The van der Waals surface area contributed by atoms with Gasteiger partial charge < -0.3 is 10.1 Å². The van der Waals surface area contributed by atoms with Gasteiger partial charge in [0, 0.05) is 16.3 Å². The minimum absolute atomic E-state index is 0.187. The molecule has 1 heterocycles. The molecule has 2 aromatic rings. The third-order valence-corrected chi connectivity index (χ3v) is 4.20. The van der Waals surface area contributed by atoms with Crippen molar-refractivity contribution in [2.24, 2.45) is 0 Å². The minimum atomic E-state index is -0.506. The third kappa shape index (κ3) is 5.25. The summed E-state index contributed by atoms with van der Waals surface area (Å²) in [5.74, 6) is 0. The molecule has 0 saturated carbocycles. The van der Waals surface area contributed by atoms with Crippen molar-refractivity contribution in [3.63, 3.8) is 0 Å². The van der Waals surface area contributed by atoms with Crippen LogP contribution in [-0.4, -0.2) is 16.7 Å². The summed E-state index contributed by atoms with van der Waals surface area (Å²) in [6.45, 7) is 9.62. The van der Waals surface area contributed by atoms with Crippen molar-refractivity contribution in [2.45, 2.75) is 46.3 Å². The summed E-state index contributed by atoms with van der Waals surface area (Å²) in [5.41, 5.74) is 4.09. The summed E-state index contributed by atoms with van der Waals surface area (Å²) < 4.78 is 5.23. The number of rotatable bonds is 4. The zero-order valence-corrected chi connectivity index (χ0v) is 15.0. The highest BCUT2D eigenvalue weighted by molar-refractivity contribution is 7.09. The van der Waals surface area contributed by atoms with Gasteiger partial charge >= 0.3 is 6.09 Å². The Balaban J connectivity index is 1.94. The average molecular weight is 333 g/mol. The Kier molecular flexibility index (Phi) is 5.26. The number of nitrogens with one attached hydrogen (secondary N) is 2. The Hall–Kier alpha value is -2.08. The lowest BCUT2D eigenvalue weighted by Crippen LogP contribution is -2.27. The number of thiazole rings is 1. The molecule has 1 aromatic heterocycles. The topological polar surface area (TPSA) is 63.2 Å². The molecule has 1 aromatic carbocycles. The van der Waals surface area contributed by atoms with E-state index in [1.165, 1.54) is 4.88 Å². The van der Waals surface area contributed by atoms with Crippen molar-refractivity contribution in [1.82, 2.24) is 4.98 Å². The Morgan fingerprint density at radius 2 is 1.83 bits per heavy atom. The van der Waals surface area contributed by atoms with Gasteiger partial charge in [0.25, 0.3) is 0 Å². The van der Waals surface area contributed by atoms with Gasteiger partial charge in [0.15, 0.2) is 0 Å². The molecule has 0 fully saturated rings. The van der Waals surface area contributed by atoms with Crippen molar-refractivity contribution < 1.29 is 9.53 Å². The van der Waals surface area contributed by atoms with Gasteiger partial charge in [-0.3, -0.25) is 5.32 Å². The maximum absolute atomic E-state index is 11.7. The second kappa shape index (κ2) is 7.00. The number of benzene rings is 1. The third-order valence-electron chi connectivity index (χ3n) is 3.09. The van der Waals surface area contributed by atoms with E-state index >= 15 is 0 Å². The number of carbonyl (C=O) groups excluding carboxylic acids is 1. The molecule has 2 N–H and O–H groups in total. The van der Waals surface area contributed by atoms with E-state index in [-0.39, 0.29) is 6.04 Å².